The minimum absolute atomic E-state index is 0.0696. The first kappa shape index (κ1) is 18.8. The lowest BCUT2D eigenvalue weighted by Crippen LogP contribution is -2.50. The summed E-state index contributed by atoms with van der Waals surface area (Å²) in [4.78, 5) is 10.0. The molecule has 0 aliphatic carbocycles. The first-order valence-corrected chi connectivity index (χ1v) is 10.8. The van der Waals surface area contributed by atoms with Crippen LogP contribution in [0, 0.1) is 0 Å². The number of guanidine groups is 1. The van der Waals surface area contributed by atoms with Gasteiger partial charge in [-0.15, -0.1) is 21.5 Å². The molecule has 4 rings (SSSR count). The second-order valence-electron chi connectivity index (χ2n) is 6.46. The van der Waals surface area contributed by atoms with Gasteiger partial charge in [0.05, 0.1) is 21.2 Å². The zero-order valence-electron chi connectivity index (χ0n) is 14.8. The minimum atomic E-state index is -3.59. The Morgan fingerprint density at radius 3 is 2.75 bits per heavy atom. The van der Waals surface area contributed by atoms with Crippen LogP contribution in [0.25, 0.3) is 21.9 Å². The molecule has 4 heterocycles. The number of aliphatic imine (C=N–C) groups is 1. The van der Waals surface area contributed by atoms with E-state index in [2.05, 4.69) is 20.2 Å². The van der Waals surface area contributed by atoms with Crippen LogP contribution in [-0.4, -0.2) is 46.7 Å². The molecule has 3 aromatic rings. The summed E-state index contributed by atoms with van der Waals surface area (Å²) in [5.41, 5.74) is 6.20. The summed E-state index contributed by atoms with van der Waals surface area (Å²) in [6, 6.07) is 3.61. The molecule has 1 atom stereocenters. The number of sulfonamides is 1. The van der Waals surface area contributed by atoms with Crippen LogP contribution in [0.2, 0.25) is 5.02 Å². The number of thiophene rings is 1. The molecule has 1 aliphatic heterocycles. The Labute approximate surface area is 169 Å². The average molecular weight is 439 g/mol. The van der Waals surface area contributed by atoms with E-state index in [4.69, 9.17) is 21.8 Å². The molecule has 12 heteroatoms. The molecule has 1 aliphatic rings. The Kier molecular flexibility index (Phi) is 4.40. The number of rotatable bonds is 3. The van der Waals surface area contributed by atoms with Gasteiger partial charge in [-0.25, -0.2) is 17.7 Å². The summed E-state index contributed by atoms with van der Waals surface area (Å²) >= 11 is 7.81. The van der Waals surface area contributed by atoms with E-state index in [0.29, 0.717) is 21.4 Å². The lowest BCUT2D eigenvalue weighted by molar-refractivity contribution is 0.482. The fourth-order valence-corrected chi connectivity index (χ4v) is 6.08. The van der Waals surface area contributed by atoms with E-state index in [9.17, 15) is 8.42 Å². The summed E-state index contributed by atoms with van der Waals surface area (Å²) in [6.07, 6.45) is 4.53. The zero-order valence-corrected chi connectivity index (χ0v) is 17.2. The Balaban J connectivity index is 1.77. The normalized spacial score (nSPS) is 21.5. The monoisotopic (exact) mass is 438 g/mol. The third kappa shape index (κ3) is 3.15. The van der Waals surface area contributed by atoms with Crippen LogP contribution >= 0.6 is 22.9 Å². The minimum Gasteiger partial charge on any atom is -0.423 e. The molecule has 0 aromatic carbocycles. The van der Waals surface area contributed by atoms with E-state index in [1.165, 1.54) is 24.8 Å². The lowest BCUT2D eigenvalue weighted by Gasteiger charge is -2.33. The number of nitrogens with two attached hydrogens (primary N) is 1. The largest absolute Gasteiger partial charge is 0.423 e. The summed E-state index contributed by atoms with van der Waals surface area (Å²) < 4.78 is 31.1. The van der Waals surface area contributed by atoms with Crippen molar-refractivity contribution in [3.05, 3.63) is 40.8 Å². The SMILES string of the molecule is CN1C(N)=NC(C)(c2sc(-c3cncc(-c4nnco4)c3)cc2Cl)CS1(=O)=O. The molecule has 9 nitrogen and oxygen atoms in total. The van der Waals surface area contributed by atoms with Crippen LogP contribution in [0.15, 0.2) is 40.3 Å². The molecule has 28 heavy (non-hydrogen) atoms. The number of halogens is 1. The van der Waals surface area contributed by atoms with E-state index < -0.39 is 15.6 Å². The van der Waals surface area contributed by atoms with Crippen LogP contribution in [-0.2, 0) is 15.6 Å². The van der Waals surface area contributed by atoms with Gasteiger partial charge in [0, 0.05) is 29.9 Å². The van der Waals surface area contributed by atoms with Gasteiger partial charge in [0.25, 0.3) is 0 Å². The Hall–Kier alpha value is -2.50. The van der Waals surface area contributed by atoms with Gasteiger partial charge in [-0.05, 0) is 19.1 Å². The summed E-state index contributed by atoms with van der Waals surface area (Å²) in [5.74, 6) is 0.0553. The highest BCUT2D eigenvalue weighted by atomic mass is 35.5. The smallest absolute Gasteiger partial charge is 0.249 e. The molecule has 0 amide bonds. The highest BCUT2D eigenvalue weighted by Gasteiger charge is 2.42. The summed E-state index contributed by atoms with van der Waals surface area (Å²) in [5, 5.41) is 7.96. The van der Waals surface area contributed by atoms with E-state index in [-0.39, 0.29) is 11.7 Å². The topological polar surface area (TPSA) is 128 Å². The van der Waals surface area contributed by atoms with Crippen molar-refractivity contribution in [1.82, 2.24) is 19.5 Å². The van der Waals surface area contributed by atoms with Crippen LogP contribution in [0.3, 0.4) is 0 Å². The molecular weight excluding hydrogens is 424 g/mol. The van der Waals surface area contributed by atoms with E-state index in [1.54, 1.807) is 25.4 Å². The molecule has 2 N–H and O–H groups in total. The number of pyridine rings is 1. The van der Waals surface area contributed by atoms with Gasteiger partial charge < -0.3 is 10.2 Å². The Morgan fingerprint density at radius 2 is 2.07 bits per heavy atom. The van der Waals surface area contributed by atoms with Gasteiger partial charge in [0.1, 0.15) is 5.54 Å². The van der Waals surface area contributed by atoms with E-state index >= 15 is 0 Å². The van der Waals surface area contributed by atoms with Crippen molar-refractivity contribution >= 4 is 38.9 Å². The van der Waals surface area contributed by atoms with E-state index in [1.807, 2.05) is 6.07 Å². The maximum atomic E-state index is 12.4. The molecule has 0 saturated heterocycles. The van der Waals surface area contributed by atoms with Gasteiger partial charge in [-0.1, -0.05) is 11.6 Å². The number of hydrogen-bond acceptors (Lipinski definition) is 9. The van der Waals surface area contributed by atoms with Crippen molar-refractivity contribution < 1.29 is 12.8 Å². The maximum absolute atomic E-state index is 12.4. The van der Waals surface area contributed by atoms with Crippen LogP contribution in [0.4, 0.5) is 0 Å². The number of hydrogen-bond donors (Lipinski definition) is 1. The lowest BCUT2D eigenvalue weighted by atomic mass is 10.0. The zero-order chi connectivity index (χ0) is 20.1. The number of nitrogens with zero attached hydrogens (tertiary/aromatic N) is 5. The second kappa shape index (κ2) is 6.54. The van der Waals surface area contributed by atoms with Crippen LogP contribution in [0.5, 0.6) is 0 Å². The average Bonchev–Trinajstić information content (AvgIpc) is 3.29. The molecule has 0 bridgehead atoms. The second-order valence-corrected chi connectivity index (χ2v) is 9.92. The standard InChI is InChI=1S/C16H15ClN6O3S2/c1-16(7-28(24,25)23(2)15(18)21-16)13-11(17)4-12(27-13)9-3-10(6-19-5-9)14-22-20-8-26-14/h3-6,8H,7H2,1-2H3,(H2,18,21). The van der Waals surface area contributed by atoms with Crippen LogP contribution in [0.1, 0.15) is 11.8 Å². The molecule has 146 valence electrons. The van der Waals surface area contributed by atoms with Gasteiger partial charge in [-0.3, -0.25) is 4.98 Å². The fraction of sp³-hybridized carbons (Fsp3) is 0.250. The summed E-state index contributed by atoms with van der Waals surface area (Å²) in [7, 11) is -2.21. The molecular formula is C16H15ClN6O3S2. The Bertz CT molecular complexity index is 1170. The maximum Gasteiger partial charge on any atom is 0.249 e. The predicted molar refractivity (Wildman–Crippen MR) is 106 cm³/mol. The third-order valence-corrected chi connectivity index (χ3v) is 8.17. The fourth-order valence-electron chi connectivity index (χ4n) is 2.94. The predicted octanol–water partition coefficient (Wildman–Crippen LogP) is 2.32. The first-order chi connectivity index (χ1) is 13.2. The van der Waals surface area contributed by atoms with Crippen molar-refractivity contribution in [2.24, 2.45) is 10.7 Å². The quantitative estimate of drug-likeness (QED) is 0.664. The van der Waals surface area contributed by atoms with Gasteiger partial charge >= 0.3 is 0 Å². The first-order valence-electron chi connectivity index (χ1n) is 8.03. The van der Waals surface area contributed by atoms with Crippen molar-refractivity contribution in [3.63, 3.8) is 0 Å². The molecule has 0 radical (unpaired) electrons. The van der Waals surface area contributed by atoms with Crippen LogP contribution < -0.4 is 5.73 Å². The van der Waals surface area contributed by atoms with Gasteiger partial charge in [0.15, 0.2) is 0 Å². The Morgan fingerprint density at radius 1 is 1.32 bits per heavy atom. The molecule has 0 spiro atoms. The van der Waals surface area contributed by atoms with E-state index in [0.717, 1.165) is 14.7 Å². The highest BCUT2D eigenvalue weighted by molar-refractivity contribution is 7.89. The van der Waals surface area contributed by atoms with Crippen molar-refractivity contribution in [2.45, 2.75) is 12.5 Å². The molecule has 3 aromatic heterocycles. The molecule has 0 saturated carbocycles. The molecule has 0 fully saturated rings. The molecule has 1 unspecified atom stereocenters. The van der Waals surface area contributed by atoms with Gasteiger partial charge in [-0.2, -0.15) is 0 Å². The highest BCUT2D eigenvalue weighted by Crippen LogP contribution is 2.44. The van der Waals surface area contributed by atoms with Crippen molar-refractivity contribution in [3.8, 4) is 21.9 Å². The summed E-state index contributed by atoms with van der Waals surface area (Å²) in [6.45, 7) is 1.71. The van der Waals surface area contributed by atoms with Crippen molar-refractivity contribution in [2.75, 3.05) is 12.8 Å². The van der Waals surface area contributed by atoms with Crippen molar-refractivity contribution in [1.29, 1.82) is 0 Å². The third-order valence-electron chi connectivity index (χ3n) is 4.37. The number of aromatic nitrogens is 3. The van der Waals surface area contributed by atoms with Gasteiger partial charge in [0.2, 0.25) is 28.3 Å².